The van der Waals surface area contributed by atoms with Gasteiger partial charge in [0.15, 0.2) is 6.10 Å². The van der Waals surface area contributed by atoms with E-state index in [0.29, 0.717) is 24.6 Å². The number of benzene rings is 3. The molecule has 0 radical (unpaired) electrons. The van der Waals surface area contributed by atoms with Gasteiger partial charge in [0.1, 0.15) is 6.61 Å². The number of nitrogens with zero attached hydrogens (tertiary/aromatic N) is 1. The molecule has 1 N–H and O–H groups in total. The number of alkyl halides is 3. The number of carboxylic acids is 1. The number of anilines is 1. The molecular formula is C58H78F3NO10. The monoisotopic (exact) mass is 1010 g/mol. The molecule has 0 bridgehead atoms. The molecule has 0 spiro atoms. The number of carbonyl (C=O) groups is 6. The van der Waals surface area contributed by atoms with E-state index in [-0.39, 0.29) is 32.5 Å². The van der Waals surface area contributed by atoms with Gasteiger partial charge in [-0.15, -0.1) is 0 Å². The molecule has 1 saturated heterocycles. The molecule has 6 atom stereocenters. The maximum Gasteiger partial charge on any atom is 0.425 e. The molecule has 1 heterocycles. The highest BCUT2D eigenvalue weighted by atomic mass is 19.4. The van der Waals surface area contributed by atoms with Gasteiger partial charge in [0.25, 0.3) is 0 Å². The summed E-state index contributed by atoms with van der Waals surface area (Å²) in [5.41, 5.74) is -4.76. The fourth-order valence-electron chi connectivity index (χ4n) is 10.2. The molecule has 11 nitrogen and oxygen atoms in total. The van der Waals surface area contributed by atoms with E-state index in [0.717, 1.165) is 42.6 Å². The van der Waals surface area contributed by atoms with Crippen LogP contribution < -0.4 is 4.90 Å². The Balaban J connectivity index is 1.68. The van der Waals surface area contributed by atoms with Gasteiger partial charge < -0.3 is 19.3 Å². The number of hydrogen-bond donors (Lipinski definition) is 1. The number of halogens is 3. The maximum absolute atomic E-state index is 14.8. The zero-order valence-electron chi connectivity index (χ0n) is 43.7. The van der Waals surface area contributed by atoms with Gasteiger partial charge in [-0.2, -0.15) is 13.2 Å². The fraction of sp³-hybridized carbons (Fsp3) is 0.586. The molecule has 0 aromatic heterocycles. The Labute approximate surface area is 424 Å². The van der Waals surface area contributed by atoms with Crippen molar-refractivity contribution in [3.63, 3.8) is 0 Å². The van der Waals surface area contributed by atoms with Crippen molar-refractivity contribution < 1.29 is 61.3 Å². The second-order valence-corrected chi connectivity index (χ2v) is 21.8. The topological polar surface area (TPSA) is 154 Å². The van der Waals surface area contributed by atoms with Crippen LogP contribution in [0.25, 0.3) is 0 Å². The molecule has 1 aliphatic heterocycles. The Morgan fingerprint density at radius 2 is 1.14 bits per heavy atom. The van der Waals surface area contributed by atoms with Crippen molar-refractivity contribution >= 4 is 41.4 Å². The molecule has 72 heavy (non-hydrogen) atoms. The number of aliphatic carboxylic acids is 1. The number of esters is 3. The molecule has 0 aliphatic carbocycles. The van der Waals surface area contributed by atoms with Gasteiger partial charge in [-0.1, -0.05) is 144 Å². The summed E-state index contributed by atoms with van der Waals surface area (Å²) in [5, 5.41) is 11.3. The minimum atomic E-state index is -4.85. The van der Waals surface area contributed by atoms with Gasteiger partial charge in [0.2, 0.25) is 11.8 Å². The Morgan fingerprint density at radius 1 is 0.625 bits per heavy atom. The van der Waals surface area contributed by atoms with Crippen LogP contribution in [0.5, 0.6) is 0 Å². The van der Waals surface area contributed by atoms with Crippen molar-refractivity contribution in [3.05, 3.63) is 102 Å². The van der Waals surface area contributed by atoms with Crippen molar-refractivity contribution in [2.75, 3.05) is 11.5 Å². The van der Waals surface area contributed by atoms with E-state index >= 15 is 0 Å². The third-order valence-corrected chi connectivity index (χ3v) is 14.2. The van der Waals surface area contributed by atoms with Crippen LogP contribution in [0.2, 0.25) is 0 Å². The van der Waals surface area contributed by atoms with Crippen molar-refractivity contribution in [1.82, 2.24) is 0 Å². The van der Waals surface area contributed by atoms with Crippen molar-refractivity contribution in [3.8, 4) is 0 Å². The summed E-state index contributed by atoms with van der Waals surface area (Å²) in [6.07, 6.45) is 1.98. The Morgan fingerprint density at radius 3 is 1.68 bits per heavy atom. The third kappa shape index (κ3) is 16.8. The minimum absolute atomic E-state index is 0.000880. The summed E-state index contributed by atoms with van der Waals surface area (Å²) in [6, 6.07) is 26.5. The number of rotatable bonds is 30. The van der Waals surface area contributed by atoms with Crippen molar-refractivity contribution in [2.24, 2.45) is 33.5 Å². The number of para-hydroxylation sites is 1. The van der Waals surface area contributed by atoms with Crippen molar-refractivity contribution in [1.29, 1.82) is 0 Å². The Hall–Kier alpha value is -5.53. The number of imide groups is 1. The third-order valence-electron chi connectivity index (χ3n) is 14.2. The van der Waals surface area contributed by atoms with Crippen molar-refractivity contribution in [2.45, 2.75) is 177 Å². The average molecular weight is 1010 g/mol. The van der Waals surface area contributed by atoms with Crippen LogP contribution in [0.15, 0.2) is 91.0 Å². The van der Waals surface area contributed by atoms with Crippen LogP contribution in [-0.2, 0) is 49.6 Å². The maximum atomic E-state index is 14.8. The van der Waals surface area contributed by atoms with Crippen LogP contribution in [0, 0.1) is 33.5 Å². The minimum Gasteiger partial charge on any atom is -0.481 e. The molecule has 6 unspecified atom stereocenters. The summed E-state index contributed by atoms with van der Waals surface area (Å²) in [4.78, 5) is 86.1. The Kier molecular flexibility index (Phi) is 21.7. The molecule has 4 rings (SSSR count). The number of ether oxygens (including phenoxy) is 3. The summed E-state index contributed by atoms with van der Waals surface area (Å²) in [6.45, 7) is 11.9. The zero-order valence-corrected chi connectivity index (χ0v) is 43.7. The second-order valence-electron chi connectivity index (χ2n) is 21.8. The summed E-state index contributed by atoms with van der Waals surface area (Å²) in [7, 11) is 0. The van der Waals surface area contributed by atoms with E-state index in [4.69, 9.17) is 14.2 Å². The molecule has 14 heteroatoms. The molecule has 396 valence electrons. The van der Waals surface area contributed by atoms with Gasteiger partial charge in [-0.25, -0.2) is 0 Å². The predicted octanol–water partition coefficient (Wildman–Crippen LogP) is 13.4. The lowest BCUT2D eigenvalue weighted by Gasteiger charge is -2.41. The highest BCUT2D eigenvalue weighted by Crippen LogP contribution is 2.51. The molecule has 2 amide bonds. The normalized spacial score (nSPS) is 17.9. The largest absolute Gasteiger partial charge is 0.481 e. The molecule has 1 fully saturated rings. The number of carboxylic acid groups (broad SMARTS) is 1. The summed E-state index contributed by atoms with van der Waals surface area (Å²) in [5.74, 6) is -7.73. The van der Waals surface area contributed by atoms with Gasteiger partial charge >= 0.3 is 30.1 Å². The highest BCUT2D eigenvalue weighted by Gasteiger charge is 2.55. The number of hydrogen-bond acceptors (Lipinski definition) is 9. The fourth-order valence-corrected chi connectivity index (χ4v) is 10.2. The van der Waals surface area contributed by atoms with E-state index in [9.17, 15) is 47.0 Å². The molecule has 0 saturated carbocycles. The summed E-state index contributed by atoms with van der Waals surface area (Å²) >= 11 is 0. The highest BCUT2D eigenvalue weighted by molar-refractivity contribution is 6.22. The Bertz CT molecular complexity index is 2230. The van der Waals surface area contributed by atoms with Gasteiger partial charge in [-0.3, -0.25) is 33.7 Å². The molecule has 3 aromatic carbocycles. The first-order valence-electron chi connectivity index (χ1n) is 25.7. The molecular weight excluding hydrogens is 928 g/mol. The lowest BCUT2D eigenvalue weighted by atomic mass is 9.62. The number of unbranched alkanes of at least 4 members (excludes halogenated alkanes) is 9. The van der Waals surface area contributed by atoms with Crippen LogP contribution in [0.4, 0.5) is 18.9 Å². The first kappa shape index (κ1) is 59.0. The standard InChI is InChI=1S/C58H78F3NO10/c1-9-10-11-12-13-14-15-16-17-27-34-70-53(69)57(8,39-55(5,6)52(68)72-41(2)58(59,60)61)40-56(7,50(65)66)36-44(43-30-23-19-24-31-43)35-46-47(49(64)62(48(46)63)45-32-25-20-26-33-45)37-54(3,4)51(67)71-38-42-28-21-18-22-29-42/h18-26,28-33,41,44,46-47H,9-17,27,34-40H2,1-8H3,(H,65,66). The van der Waals surface area contributed by atoms with Crippen LogP contribution >= 0.6 is 0 Å². The van der Waals surface area contributed by atoms with Crippen LogP contribution in [0.1, 0.15) is 169 Å². The SMILES string of the molecule is CCCCCCCCCCCCOC(=O)C(C)(CC(C)(C)C(=O)OC(C)C(F)(F)F)CC(C)(CC(CC1C(=O)N(c2ccccc2)C(=O)C1CC(C)(C)C(=O)OCc1ccccc1)c1ccccc1)C(=O)O. The number of carbonyl (C=O) groups excluding carboxylic acids is 5. The average Bonchev–Trinajstić information content (AvgIpc) is 3.55. The first-order chi connectivity index (χ1) is 33.8. The van der Waals surface area contributed by atoms with E-state index in [1.165, 1.54) is 53.4 Å². The molecule has 1 aliphatic rings. The van der Waals surface area contributed by atoms with E-state index in [1.807, 2.05) is 30.3 Å². The quantitative estimate of drug-likeness (QED) is 0.0295. The molecule has 3 aromatic rings. The van der Waals surface area contributed by atoms with E-state index < -0.39 is 100 Å². The lowest BCUT2D eigenvalue weighted by molar-refractivity contribution is -0.222. The van der Waals surface area contributed by atoms with Crippen LogP contribution in [-0.4, -0.2) is 59.7 Å². The lowest BCUT2D eigenvalue weighted by Crippen LogP contribution is -2.45. The van der Waals surface area contributed by atoms with Gasteiger partial charge in [0, 0.05) is 0 Å². The summed E-state index contributed by atoms with van der Waals surface area (Å²) < 4.78 is 57.4. The first-order valence-corrected chi connectivity index (χ1v) is 25.7. The predicted molar refractivity (Wildman–Crippen MR) is 270 cm³/mol. The van der Waals surface area contributed by atoms with Gasteiger partial charge in [-0.05, 0) is 116 Å². The van der Waals surface area contributed by atoms with Crippen LogP contribution in [0.3, 0.4) is 0 Å². The number of amides is 2. The smallest absolute Gasteiger partial charge is 0.425 e. The van der Waals surface area contributed by atoms with E-state index in [1.54, 1.807) is 74.5 Å². The second kappa shape index (κ2) is 26.4. The zero-order chi connectivity index (χ0) is 53.3. The van der Waals surface area contributed by atoms with E-state index in [2.05, 4.69) is 6.92 Å². The van der Waals surface area contributed by atoms with Gasteiger partial charge in [0.05, 0.1) is 45.8 Å².